The third-order valence-electron chi connectivity index (χ3n) is 3.40. The number of amides is 1. The highest BCUT2D eigenvalue weighted by Gasteiger charge is 2.12. The molecule has 0 atom stereocenters. The van der Waals surface area contributed by atoms with Crippen LogP contribution in [0.25, 0.3) is 0 Å². The second kappa shape index (κ2) is 11.1. The molecule has 0 saturated carbocycles. The van der Waals surface area contributed by atoms with E-state index >= 15 is 0 Å². The van der Waals surface area contributed by atoms with Crippen molar-refractivity contribution in [1.29, 1.82) is 0 Å². The standard InChI is InChI=1S/C20H23NO5S/c1-3-12-24-16-9-5-6-10-17(16)25-14-20(23)26-13-19(22)21-15-8-4-7-11-18(15)27-2/h4-11H,3,12-14H2,1-2H3,(H,21,22). The highest BCUT2D eigenvalue weighted by atomic mass is 32.2. The molecular weight excluding hydrogens is 366 g/mol. The molecule has 0 unspecified atom stereocenters. The molecule has 0 aliphatic rings. The Morgan fingerprint density at radius 1 is 0.963 bits per heavy atom. The molecule has 0 fully saturated rings. The van der Waals surface area contributed by atoms with Gasteiger partial charge in [0.05, 0.1) is 12.3 Å². The fraction of sp³-hybridized carbons (Fsp3) is 0.300. The number of ether oxygens (including phenoxy) is 3. The predicted molar refractivity (Wildman–Crippen MR) is 106 cm³/mol. The van der Waals surface area contributed by atoms with E-state index in [4.69, 9.17) is 14.2 Å². The summed E-state index contributed by atoms with van der Waals surface area (Å²) < 4.78 is 16.0. The Kier molecular flexibility index (Phi) is 8.51. The molecule has 0 spiro atoms. The van der Waals surface area contributed by atoms with Gasteiger partial charge in [-0.15, -0.1) is 11.8 Å². The molecule has 2 aromatic rings. The fourth-order valence-electron chi connectivity index (χ4n) is 2.16. The molecule has 7 heteroatoms. The number of carbonyl (C=O) groups is 2. The van der Waals surface area contributed by atoms with Crippen molar-refractivity contribution < 1.29 is 23.8 Å². The summed E-state index contributed by atoms with van der Waals surface area (Å²) >= 11 is 1.52. The predicted octanol–water partition coefficient (Wildman–Crippen LogP) is 3.76. The highest BCUT2D eigenvalue weighted by Crippen LogP contribution is 2.26. The van der Waals surface area contributed by atoms with E-state index in [0.29, 0.717) is 23.8 Å². The van der Waals surface area contributed by atoms with Crippen LogP contribution in [0.3, 0.4) is 0 Å². The van der Waals surface area contributed by atoms with Crippen molar-refractivity contribution in [1.82, 2.24) is 0 Å². The molecule has 6 nitrogen and oxygen atoms in total. The van der Waals surface area contributed by atoms with Gasteiger partial charge in [-0.2, -0.15) is 0 Å². The minimum atomic E-state index is -0.631. The van der Waals surface area contributed by atoms with Gasteiger partial charge in [-0.1, -0.05) is 31.2 Å². The summed E-state index contributed by atoms with van der Waals surface area (Å²) in [5.74, 6) is -0.00931. The molecule has 1 N–H and O–H groups in total. The normalized spacial score (nSPS) is 10.1. The molecule has 27 heavy (non-hydrogen) atoms. The molecule has 0 radical (unpaired) electrons. The summed E-state index contributed by atoms with van der Waals surface area (Å²) in [7, 11) is 0. The van der Waals surface area contributed by atoms with E-state index in [0.717, 1.165) is 11.3 Å². The van der Waals surface area contributed by atoms with Crippen LogP contribution in [0.4, 0.5) is 5.69 Å². The topological polar surface area (TPSA) is 73.9 Å². The van der Waals surface area contributed by atoms with Crippen molar-refractivity contribution in [2.75, 3.05) is 31.4 Å². The van der Waals surface area contributed by atoms with Crippen molar-refractivity contribution >= 4 is 29.3 Å². The zero-order valence-electron chi connectivity index (χ0n) is 15.4. The zero-order valence-corrected chi connectivity index (χ0v) is 16.2. The lowest BCUT2D eigenvalue weighted by Gasteiger charge is -2.12. The van der Waals surface area contributed by atoms with Crippen molar-refractivity contribution in [3.8, 4) is 11.5 Å². The summed E-state index contributed by atoms with van der Waals surface area (Å²) in [6.45, 7) is 1.88. The minimum Gasteiger partial charge on any atom is -0.490 e. The second-order valence-electron chi connectivity index (χ2n) is 5.49. The summed E-state index contributed by atoms with van der Waals surface area (Å²) in [5, 5.41) is 2.73. The molecule has 0 aromatic heterocycles. The van der Waals surface area contributed by atoms with Gasteiger partial charge in [0.25, 0.3) is 5.91 Å². The van der Waals surface area contributed by atoms with Crippen LogP contribution < -0.4 is 14.8 Å². The van der Waals surface area contributed by atoms with Gasteiger partial charge in [0, 0.05) is 4.90 Å². The van der Waals surface area contributed by atoms with E-state index in [1.165, 1.54) is 11.8 Å². The average molecular weight is 389 g/mol. The molecule has 0 aliphatic heterocycles. The van der Waals surface area contributed by atoms with Crippen molar-refractivity contribution in [3.05, 3.63) is 48.5 Å². The molecule has 0 heterocycles. The lowest BCUT2D eigenvalue weighted by Crippen LogP contribution is -2.24. The number of anilines is 1. The van der Waals surface area contributed by atoms with E-state index in [1.807, 2.05) is 37.4 Å². The maximum absolute atomic E-state index is 12.0. The van der Waals surface area contributed by atoms with Gasteiger partial charge < -0.3 is 19.5 Å². The first-order chi connectivity index (χ1) is 13.1. The minimum absolute atomic E-state index is 0.304. The lowest BCUT2D eigenvalue weighted by atomic mass is 10.3. The molecule has 2 aromatic carbocycles. The van der Waals surface area contributed by atoms with E-state index in [2.05, 4.69) is 5.32 Å². The van der Waals surface area contributed by atoms with Gasteiger partial charge in [-0.3, -0.25) is 4.79 Å². The molecule has 0 aliphatic carbocycles. The van der Waals surface area contributed by atoms with Gasteiger partial charge in [0.2, 0.25) is 0 Å². The third-order valence-corrected chi connectivity index (χ3v) is 4.20. The number of thioether (sulfide) groups is 1. The first-order valence-corrected chi connectivity index (χ1v) is 9.79. The van der Waals surface area contributed by atoms with E-state index in [9.17, 15) is 9.59 Å². The van der Waals surface area contributed by atoms with Crippen LogP contribution in [-0.2, 0) is 14.3 Å². The maximum atomic E-state index is 12.0. The first kappa shape index (κ1) is 20.6. The number of nitrogens with one attached hydrogen (secondary N) is 1. The van der Waals surface area contributed by atoms with E-state index < -0.39 is 11.9 Å². The van der Waals surface area contributed by atoms with Crippen LogP contribution in [-0.4, -0.2) is 38.0 Å². The van der Waals surface area contributed by atoms with E-state index in [1.54, 1.807) is 24.3 Å². The van der Waals surface area contributed by atoms with Crippen LogP contribution >= 0.6 is 11.8 Å². The number of rotatable bonds is 10. The number of carbonyl (C=O) groups excluding carboxylic acids is 2. The van der Waals surface area contributed by atoms with Crippen LogP contribution in [0.15, 0.2) is 53.4 Å². The fourth-order valence-corrected chi connectivity index (χ4v) is 2.71. The SMILES string of the molecule is CCCOc1ccccc1OCC(=O)OCC(=O)Nc1ccccc1SC. The second-order valence-corrected chi connectivity index (χ2v) is 6.34. The quantitative estimate of drug-likeness (QED) is 0.493. The monoisotopic (exact) mass is 389 g/mol. The molecule has 144 valence electrons. The van der Waals surface area contributed by atoms with Crippen LogP contribution in [0.5, 0.6) is 11.5 Å². The summed E-state index contributed by atoms with van der Waals surface area (Å²) in [5.41, 5.74) is 0.685. The highest BCUT2D eigenvalue weighted by molar-refractivity contribution is 7.98. The molecule has 0 bridgehead atoms. The third kappa shape index (κ3) is 6.86. The Labute approximate surface area is 163 Å². The van der Waals surface area contributed by atoms with Crippen molar-refractivity contribution in [3.63, 3.8) is 0 Å². The van der Waals surface area contributed by atoms with Gasteiger partial charge >= 0.3 is 5.97 Å². The summed E-state index contributed by atoms with van der Waals surface area (Å²) in [4.78, 5) is 24.8. The maximum Gasteiger partial charge on any atom is 0.344 e. The average Bonchev–Trinajstić information content (AvgIpc) is 2.70. The van der Waals surface area contributed by atoms with Crippen LogP contribution in [0.1, 0.15) is 13.3 Å². The number of benzene rings is 2. The lowest BCUT2D eigenvalue weighted by molar-refractivity contribution is -0.149. The van der Waals surface area contributed by atoms with Gasteiger partial charge in [0.1, 0.15) is 0 Å². The Morgan fingerprint density at radius 3 is 2.33 bits per heavy atom. The summed E-state index contributed by atoms with van der Waals surface area (Å²) in [6, 6.07) is 14.5. The Hall–Kier alpha value is -2.67. The van der Waals surface area contributed by atoms with Gasteiger partial charge in [-0.05, 0) is 36.9 Å². The Bertz CT molecular complexity index is 766. The smallest absolute Gasteiger partial charge is 0.344 e. The molecular formula is C20H23NO5S. The Morgan fingerprint density at radius 2 is 1.63 bits per heavy atom. The summed E-state index contributed by atoms with van der Waals surface area (Å²) in [6.07, 6.45) is 2.79. The van der Waals surface area contributed by atoms with Crippen molar-refractivity contribution in [2.45, 2.75) is 18.2 Å². The first-order valence-electron chi connectivity index (χ1n) is 8.57. The van der Waals surface area contributed by atoms with Gasteiger partial charge in [0.15, 0.2) is 24.7 Å². The van der Waals surface area contributed by atoms with E-state index in [-0.39, 0.29) is 13.2 Å². The van der Waals surface area contributed by atoms with Gasteiger partial charge in [-0.25, -0.2) is 4.79 Å². The molecule has 1 amide bonds. The number of hydrogen-bond acceptors (Lipinski definition) is 6. The molecule has 2 rings (SSSR count). The van der Waals surface area contributed by atoms with Crippen LogP contribution in [0.2, 0.25) is 0 Å². The number of esters is 1. The largest absolute Gasteiger partial charge is 0.490 e. The van der Waals surface area contributed by atoms with Crippen LogP contribution in [0, 0.1) is 0 Å². The van der Waals surface area contributed by atoms with Crippen molar-refractivity contribution in [2.24, 2.45) is 0 Å². The number of para-hydroxylation sites is 3. The number of hydrogen-bond donors (Lipinski definition) is 1. The zero-order chi connectivity index (χ0) is 19.5. The Balaban J connectivity index is 1.79. The molecule has 0 saturated heterocycles.